The van der Waals surface area contributed by atoms with E-state index in [1.54, 1.807) is 6.33 Å². The maximum atomic E-state index is 12.7. The number of morpholine rings is 2. The van der Waals surface area contributed by atoms with Crippen molar-refractivity contribution in [3.63, 3.8) is 0 Å². The van der Waals surface area contributed by atoms with Crippen molar-refractivity contribution in [2.45, 2.75) is 12.8 Å². The maximum Gasteiger partial charge on any atom is 0.225 e. The van der Waals surface area contributed by atoms with E-state index in [2.05, 4.69) is 19.8 Å². The summed E-state index contributed by atoms with van der Waals surface area (Å²) in [5.74, 6) is 1.41. The molecule has 8 nitrogen and oxygen atoms in total. The number of piperidine rings is 1. The maximum absolute atomic E-state index is 12.7. The summed E-state index contributed by atoms with van der Waals surface area (Å²) in [4.78, 5) is 28.1. The number of rotatable bonds is 3. The minimum absolute atomic E-state index is 0.126. The molecule has 3 aliphatic heterocycles. The lowest BCUT2D eigenvalue weighted by Crippen LogP contribution is -2.47. The van der Waals surface area contributed by atoms with Gasteiger partial charge in [0.15, 0.2) is 5.82 Å². The summed E-state index contributed by atoms with van der Waals surface area (Å²) in [6, 6.07) is 0. The molecule has 0 aliphatic carbocycles. The third kappa shape index (κ3) is 3.76. The molecule has 3 fully saturated rings. The minimum Gasteiger partial charge on any atom is -0.378 e. The van der Waals surface area contributed by atoms with E-state index in [0.29, 0.717) is 19.1 Å². The zero-order chi connectivity index (χ0) is 17.8. The van der Waals surface area contributed by atoms with Crippen LogP contribution in [0.5, 0.6) is 0 Å². The molecule has 0 saturated carbocycles. The first-order valence-electron chi connectivity index (χ1n) is 9.57. The van der Waals surface area contributed by atoms with Crippen molar-refractivity contribution in [3.05, 3.63) is 12.5 Å². The van der Waals surface area contributed by atoms with Crippen LogP contribution in [0, 0.1) is 5.92 Å². The second-order valence-corrected chi connectivity index (χ2v) is 7.03. The predicted molar refractivity (Wildman–Crippen MR) is 97.4 cm³/mol. The van der Waals surface area contributed by atoms with E-state index >= 15 is 0 Å². The zero-order valence-electron chi connectivity index (χ0n) is 15.2. The highest BCUT2D eigenvalue weighted by atomic mass is 16.5. The van der Waals surface area contributed by atoms with Gasteiger partial charge < -0.3 is 24.2 Å². The average molecular weight is 361 g/mol. The van der Waals surface area contributed by atoms with Crippen LogP contribution in [0.25, 0.3) is 0 Å². The Balaban J connectivity index is 1.39. The van der Waals surface area contributed by atoms with Crippen molar-refractivity contribution in [2.75, 3.05) is 75.5 Å². The molecule has 4 heterocycles. The van der Waals surface area contributed by atoms with Gasteiger partial charge >= 0.3 is 0 Å². The van der Waals surface area contributed by atoms with Crippen molar-refractivity contribution < 1.29 is 14.3 Å². The molecule has 0 bridgehead atoms. The van der Waals surface area contributed by atoms with Gasteiger partial charge in [0.05, 0.1) is 38.3 Å². The van der Waals surface area contributed by atoms with Crippen molar-refractivity contribution in [1.82, 2.24) is 14.9 Å². The van der Waals surface area contributed by atoms with Crippen LogP contribution in [0.1, 0.15) is 12.8 Å². The van der Waals surface area contributed by atoms with Crippen LogP contribution >= 0.6 is 0 Å². The summed E-state index contributed by atoms with van der Waals surface area (Å²) < 4.78 is 10.8. The minimum atomic E-state index is 0.126. The van der Waals surface area contributed by atoms with Crippen molar-refractivity contribution in [2.24, 2.45) is 5.92 Å². The van der Waals surface area contributed by atoms with Crippen LogP contribution in [0.2, 0.25) is 0 Å². The molecule has 0 unspecified atom stereocenters. The Bertz CT molecular complexity index is 609. The number of hydrogen-bond donors (Lipinski definition) is 0. The summed E-state index contributed by atoms with van der Waals surface area (Å²) in [7, 11) is 0. The highest BCUT2D eigenvalue weighted by molar-refractivity contribution is 5.79. The summed E-state index contributed by atoms with van der Waals surface area (Å²) >= 11 is 0. The molecule has 0 N–H and O–H groups in total. The first-order valence-corrected chi connectivity index (χ1v) is 9.57. The van der Waals surface area contributed by atoms with Gasteiger partial charge in [-0.3, -0.25) is 4.79 Å². The first-order chi connectivity index (χ1) is 12.8. The van der Waals surface area contributed by atoms with Crippen LogP contribution in [0.4, 0.5) is 11.5 Å². The number of anilines is 2. The Hall–Kier alpha value is -1.93. The fourth-order valence-corrected chi connectivity index (χ4v) is 3.97. The molecule has 0 spiro atoms. The zero-order valence-corrected chi connectivity index (χ0v) is 15.2. The molecular formula is C18H27N5O3. The van der Waals surface area contributed by atoms with Gasteiger partial charge in [0.25, 0.3) is 0 Å². The van der Waals surface area contributed by atoms with Crippen molar-refractivity contribution in [1.29, 1.82) is 0 Å². The van der Waals surface area contributed by atoms with Crippen LogP contribution < -0.4 is 9.80 Å². The fourth-order valence-electron chi connectivity index (χ4n) is 3.97. The van der Waals surface area contributed by atoms with E-state index in [9.17, 15) is 4.79 Å². The normalized spacial score (nSPS) is 22.5. The Morgan fingerprint density at radius 2 is 1.58 bits per heavy atom. The van der Waals surface area contributed by atoms with Gasteiger partial charge in [-0.05, 0) is 12.8 Å². The number of carbonyl (C=O) groups is 1. The highest BCUT2D eigenvalue weighted by Crippen LogP contribution is 2.31. The third-order valence-electron chi connectivity index (χ3n) is 5.49. The van der Waals surface area contributed by atoms with Crippen LogP contribution in [0.3, 0.4) is 0 Å². The van der Waals surface area contributed by atoms with Crippen molar-refractivity contribution >= 4 is 17.4 Å². The third-order valence-corrected chi connectivity index (χ3v) is 5.49. The molecule has 0 aromatic carbocycles. The van der Waals surface area contributed by atoms with Gasteiger partial charge in [-0.2, -0.15) is 0 Å². The van der Waals surface area contributed by atoms with E-state index in [1.165, 1.54) is 0 Å². The first kappa shape index (κ1) is 17.5. The second-order valence-electron chi connectivity index (χ2n) is 7.03. The lowest BCUT2D eigenvalue weighted by molar-refractivity contribution is -0.140. The van der Waals surface area contributed by atoms with Gasteiger partial charge in [0.2, 0.25) is 5.91 Å². The quantitative estimate of drug-likeness (QED) is 0.771. The van der Waals surface area contributed by atoms with Crippen molar-refractivity contribution in [3.8, 4) is 0 Å². The molecule has 4 rings (SSSR count). The van der Waals surface area contributed by atoms with Crippen LogP contribution in [0.15, 0.2) is 12.5 Å². The predicted octanol–water partition coefficient (Wildman–Crippen LogP) is 0.388. The largest absolute Gasteiger partial charge is 0.378 e. The van der Waals surface area contributed by atoms with Crippen LogP contribution in [-0.4, -0.2) is 86.5 Å². The molecule has 1 amide bonds. The molecule has 26 heavy (non-hydrogen) atoms. The topological polar surface area (TPSA) is 71.0 Å². The summed E-state index contributed by atoms with van der Waals surface area (Å²) in [5, 5.41) is 0. The number of nitrogens with zero attached hydrogens (tertiary/aromatic N) is 5. The standard InChI is InChI=1S/C18H27N5O3/c24-18(23-7-11-26-12-8-23)15-1-3-21(4-2-15)16-13-19-14-20-17(16)22-5-9-25-10-6-22/h13-15H,1-12H2. The Morgan fingerprint density at radius 3 is 2.27 bits per heavy atom. The lowest BCUT2D eigenvalue weighted by atomic mass is 9.95. The average Bonchev–Trinajstić information content (AvgIpc) is 2.75. The lowest BCUT2D eigenvalue weighted by Gasteiger charge is -2.38. The molecule has 8 heteroatoms. The van der Waals surface area contributed by atoms with E-state index in [4.69, 9.17) is 9.47 Å². The summed E-state index contributed by atoms with van der Waals surface area (Å²) in [6.45, 7) is 7.70. The van der Waals surface area contributed by atoms with Crippen LogP contribution in [-0.2, 0) is 14.3 Å². The molecule has 142 valence electrons. The molecule has 0 radical (unpaired) electrons. The second kappa shape index (κ2) is 8.18. The molecule has 1 aromatic rings. The smallest absolute Gasteiger partial charge is 0.225 e. The van der Waals surface area contributed by atoms with E-state index in [-0.39, 0.29) is 5.92 Å². The molecule has 3 aliphatic rings. The van der Waals surface area contributed by atoms with Gasteiger partial charge in [-0.1, -0.05) is 0 Å². The number of aromatic nitrogens is 2. The number of hydrogen-bond acceptors (Lipinski definition) is 7. The number of amides is 1. The number of ether oxygens (including phenoxy) is 2. The summed E-state index contributed by atoms with van der Waals surface area (Å²) in [6.07, 6.45) is 5.28. The molecule has 3 saturated heterocycles. The molecule has 0 atom stereocenters. The highest BCUT2D eigenvalue weighted by Gasteiger charge is 2.31. The van der Waals surface area contributed by atoms with Gasteiger partial charge in [-0.15, -0.1) is 0 Å². The summed E-state index contributed by atoms with van der Waals surface area (Å²) in [5.41, 5.74) is 1.08. The Kier molecular flexibility index (Phi) is 5.50. The van der Waals surface area contributed by atoms with Gasteiger partial charge in [0.1, 0.15) is 6.33 Å². The molecule has 1 aromatic heterocycles. The Morgan fingerprint density at radius 1 is 0.923 bits per heavy atom. The van der Waals surface area contributed by atoms with E-state index in [0.717, 1.165) is 76.8 Å². The monoisotopic (exact) mass is 361 g/mol. The molecular weight excluding hydrogens is 334 g/mol. The van der Waals surface area contributed by atoms with Gasteiger partial charge in [0, 0.05) is 45.2 Å². The van der Waals surface area contributed by atoms with E-state index < -0.39 is 0 Å². The van der Waals surface area contributed by atoms with Gasteiger partial charge in [-0.25, -0.2) is 9.97 Å². The number of carbonyl (C=O) groups excluding carboxylic acids is 1. The fraction of sp³-hybridized carbons (Fsp3) is 0.722. The SMILES string of the molecule is O=C(C1CCN(c2cncnc2N2CCOCC2)CC1)N1CCOCC1. The van der Waals surface area contributed by atoms with E-state index in [1.807, 2.05) is 11.1 Å². The Labute approximate surface area is 154 Å².